The zero-order chi connectivity index (χ0) is 19.1. The molecule has 1 atom stereocenters. The van der Waals surface area contributed by atoms with Crippen LogP contribution in [0.4, 0.5) is 4.79 Å². The molecular weight excluding hydrogens is 342 g/mol. The minimum Gasteiger partial charge on any atom is -0.508 e. The number of hydrogen-bond donors (Lipinski definition) is 2. The van der Waals surface area contributed by atoms with Crippen LogP contribution in [0.2, 0.25) is 0 Å². The summed E-state index contributed by atoms with van der Waals surface area (Å²) in [5, 5.41) is 12.4. The summed E-state index contributed by atoms with van der Waals surface area (Å²) in [6.07, 6.45) is 0. The third-order valence-electron chi connectivity index (χ3n) is 5.16. The van der Waals surface area contributed by atoms with Gasteiger partial charge >= 0.3 is 6.03 Å². The number of likely N-dealkylation sites (N-methyl/N-ethyl adjacent to an activating group) is 1. The molecular formula is C21H21N3O3. The largest absolute Gasteiger partial charge is 0.508 e. The van der Waals surface area contributed by atoms with Crippen molar-refractivity contribution in [2.75, 3.05) is 13.6 Å². The lowest BCUT2D eigenvalue weighted by Gasteiger charge is -2.31. The first-order valence-electron chi connectivity index (χ1n) is 8.85. The van der Waals surface area contributed by atoms with Crippen LogP contribution in [0.25, 0.3) is 0 Å². The van der Waals surface area contributed by atoms with Gasteiger partial charge in [-0.25, -0.2) is 4.79 Å². The Hall–Kier alpha value is -3.28. The number of phenolic OH excluding ortho intramolecular Hbond substituents is 1. The smallest absolute Gasteiger partial charge is 0.322 e. The number of rotatable bonds is 3. The quantitative estimate of drug-likeness (QED) is 0.881. The Kier molecular flexibility index (Phi) is 4.11. The van der Waals surface area contributed by atoms with Crippen LogP contribution in [0.1, 0.15) is 22.7 Å². The molecule has 2 aliphatic rings. The number of aromatic hydroxyl groups is 1. The van der Waals surface area contributed by atoms with Crippen LogP contribution < -0.4 is 5.32 Å². The zero-order valence-electron chi connectivity index (χ0n) is 15.3. The van der Waals surface area contributed by atoms with Crippen molar-refractivity contribution in [1.29, 1.82) is 0 Å². The van der Waals surface area contributed by atoms with Crippen LogP contribution in [0, 0.1) is 6.92 Å². The van der Waals surface area contributed by atoms with Crippen molar-refractivity contribution in [3.8, 4) is 5.75 Å². The van der Waals surface area contributed by atoms with Crippen molar-refractivity contribution >= 4 is 11.9 Å². The lowest BCUT2D eigenvalue weighted by atomic mass is 9.95. The second-order valence-electron chi connectivity index (χ2n) is 7.04. The van der Waals surface area contributed by atoms with E-state index in [0.717, 1.165) is 16.8 Å². The highest BCUT2D eigenvalue weighted by atomic mass is 16.3. The number of carbonyl (C=O) groups is 2. The Balaban J connectivity index is 1.65. The van der Waals surface area contributed by atoms with Gasteiger partial charge in [-0.3, -0.25) is 9.69 Å². The van der Waals surface area contributed by atoms with Gasteiger partial charge in [-0.1, -0.05) is 42.0 Å². The van der Waals surface area contributed by atoms with Gasteiger partial charge in [0.1, 0.15) is 5.75 Å². The van der Waals surface area contributed by atoms with E-state index in [1.54, 1.807) is 36.2 Å². The van der Waals surface area contributed by atoms with E-state index in [9.17, 15) is 14.7 Å². The van der Waals surface area contributed by atoms with Crippen LogP contribution in [-0.4, -0.2) is 40.4 Å². The first kappa shape index (κ1) is 17.1. The number of aryl methyl sites for hydroxylation is 1. The van der Waals surface area contributed by atoms with Gasteiger partial charge in [-0.05, 0) is 30.2 Å². The summed E-state index contributed by atoms with van der Waals surface area (Å²) in [6, 6.07) is 13.9. The fourth-order valence-electron chi connectivity index (χ4n) is 3.58. The van der Waals surface area contributed by atoms with Crippen LogP contribution in [0.3, 0.4) is 0 Å². The van der Waals surface area contributed by atoms with Gasteiger partial charge in [0.15, 0.2) is 0 Å². The molecule has 0 radical (unpaired) electrons. The fraction of sp³-hybridized carbons (Fsp3) is 0.238. The Morgan fingerprint density at radius 3 is 2.41 bits per heavy atom. The lowest BCUT2D eigenvalue weighted by molar-refractivity contribution is -0.126. The van der Waals surface area contributed by atoms with E-state index in [1.807, 2.05) is 31.2 Å². The standard InChI is InChI=1S/C21H21N3O3/c1-13-3-5-14(6-4-13)11-24-12-17-18(20(24)26)19(22-21(27)23(17)2)15-7-9-16(25)10-8-15/h3-10,19,25H,11-12H2,1-2H3,(H,22,27)/t19-/m1/s1. The third kappa shape index (κ3) is 3.03. The fourth-order valence-corrected chi connectivity index (χ4v) is 3.58. The summed E-state index contributed by atoms with van der Waals surface area (Å²) in [4.78, 5) is 28.8. The molecule has 6 heteroatoms. The number of nitrogens with one attached hydrogen (secondary N) is 1. The Bertz CT molecular complexity index is 932. The second-order valence-corrected chi connectivity index (χ2v) is 7.04. The first-order valence-corrected chi connectivity index (χ1v) is 8.85. The van der Waals surface area contributed by atoms with E-state index >= 15 is 0 Å². The number of urea groups is 1. The average molecular weight is 363 g/mol. The highest BCUT2D eigenvalue weighted by Crippen LogP contribution is 2.36. The Morgan fingerprint density at radius 2 is 1.74 bits per heavy atom. The normalized spacial score (nSPS) is 19.4. The summed E-state index contributed by atoms with van der Waals surface area (Å²) >= 11 is 0. The molecule has 27 heavy (non-hydrogen) atoms. The highest BCUT2D eigenvalue weighted by molar-refractivity contribution is 6.01. The monoisotopic (exact) mass is 363 g/mol. The second kappa shape index (κ2) is 6.46. The molecule has 0 aromatic heterocycles. The maximum absolute atomic E-state index is 13.2. The molecule has 0 saturated heterocycles. The molecule has 0 aliphatic carbocycles. The molecule has 6 nitrogen and oxygen atoms in total. The highest BCUT2D eigenvalue weighted by Gasteiger charge is 2.42. The molecule has 0 unspecified atom stereocenters. The predicted octanol–water partition coefficient (Wildman–Crippen LogP) is 2.69. The molecule has 0 saturated carbocycles. The molecule has 3 amide bonds. The van der Waals surface area contributed by atoms with Crippen molar-refractivity contribution in [3.63, 3.8) is 0 Å². The van der Waals surface area contributed by atoms with Crippen molar-refractivity contribution < 1.29 is 14.7 Å². The van der Waals surface area contributed by atoms with Crippen molar-refractivity contribution in [3.05, 3.63) is 76.5 Å². The van der Waals surface area contributed by atoms with Gasteiger partial charge in [0.05, 0.1) is 23.9 Å². The molecule has 2 aliphatic heterocycles. The van der Waals surface area contributed by atoms with Gasteiger partial charge in [0, 0.05) is 13.6 Å². The molecule has 0 bridgehead atoms. The van der Waals surface area contributed by atoms with Crippen LogP contribution in [0.5, 0.6) is 5.75 Å². The number of nitrogens with zero attached hydrogens (tertiary/aromatic N) is 2. The number of benzene rings is 2. The van der Waals surface area contributed by atoms with Gasteiger partial charge in [0.2, 0.25) is 0 Å². The molecule has 4 rings (SSSR count). The molecule has 2 heterocycles. The van der Waals surface area contributed by atoms with E-state index in [0.29, 0.717) is 18.7 Å². The Morgan fingerprint density at radius 1 is 1.07 bits per heavy atom. The summed E-state index contributed by atoms with van der Waals surface area (Å²) in [7, 11) is 1.68. The topological polar surface area (TPSA) is 72.9 Å². The number of hydrogen-bond acceptors (Lipinski definition) is 3. The lowest BCUT2D eigenvalue weighted by Crippen LogP contribution is -2.45. The van der Waals surface area contributed by atoms with E-state index in [4.69, 9.17) is 0 Å². The van der Waals surface area contributed by atoms with Crippen LogP contribution in [0.15, 0.2) is 59.8 Å². The van der Waals surface area contributed by atoms with E-state index in [2.05, 4.69) is 5.32 Å². The third-order valence-corrected chi connectivity index (χ3v) is 5.16. The van der Waals surface area contributed by atoms with Crippen molar-refractivity contribution in [2.24, 2.45) is 0 Å². The molecule has 0 spiro atoms. The first-order chi connectivity index (χ1) is 12.9. The van der Waals surface area contributed by atoms with Gasteiger partial charge < -0.3 is 15.3 Å². The molecule has 138 valence electrons. The van der Waals surface area contributed by atoms with Crippen molar-refractivity contribution in [2.45, 2.75) is 19.5 Å². The number of phenols is 1. The van der Waals surface area contributed by atoms with Gasteiger partial charge in [-0.15, -0.1) is 0 Å². The van der Waals surface area contributed by atoms with E-state index in [1.165, 1.54) is 10.5 Å². The van der Waals surface area contributed by atoms with Gasteiger partial charge in [0.25, 0.3) is 5.91 Å². The van der Waals surface area contributed by atoms with E-state index < -0.39 is 6.04 Å². The summed E-state index contributed by atoms with van der Waals surface area (Å²) in [5.41, 5.74) is 4.32. The zero-order valence-corrected chi connectivity index (χ0v) is 15.3. The molecule has 2 aromatic rings. The summed E-state index contributed by atoms with van der Waals surface area (Å²) in [6.45, 7) is 2.93. The molecule has 0 fully saturated rings. The number of carbonyl (C=O) groups excluding carboxylic acids is 2. The average Bonchev–Trinajstić information content (AvgIpc) is 2.98. The SMILES string of the molecule is Cc1ccc(CN2CC3=C(C2=O)[C@@H](c2ccc(O)cc2)NC(=O)N3C)cc1. The predicted molar refractivity (Wildman–Crippen MR) is 101 cm³/mol. The summed E-state index contributed by atoms with van der Waals surface area (Å²) in [5.74, 6) is 0.0708. The number of amides is 3. The van der Waals surface area contributed by atoms with Crippen LogP contribution >= 0.6 is 0 Å². The minimum absolute atomic E-state index is 0.0736. The van der Waals surface area contributed by atoms with Crippen LogP contribution in [-0.2, 0) is 11.3 Å². The van der Waals surface area contributed by atoms with Gasteiger partial charge in [-0.2, -0.15) is 0 Å². The minimum atomic E-state index is -0.514. The maximum atomic E-state index is 13.2. The van der Waals surface area contributed by atoms with E-state index in [-0.39, 0.29) is 17.7 Å². The Labute approximate surface area is 157 Å². The molecule has 2 N–H and O–H groups in total. The maximum Gasteiger partial charge on any atom is 0.322 e. The molecule has 2 aromatic carbocycles. The summed E-state index contributed by atoms with van der Waals surface area (Å²) < 4.78 is 0. The van der Waals surface area contributed by atoms with Crippen molar-refractivity contribution in [1.82, 2.24) is 15.1 Å².